The second-order valence-electron chi connectivity index (χ2n) is 12.2. The van der Waals surface area contributed by atoms with Gasteiger partial charge in [-0.1, -0.05) is 49.6 Å². The number of benzene rings is 2. The Morgan fingerprint density at radius 2 is 1.69 bits per heavy atom. The van der Waals surface area contributed by atoms with Crippen LogP contribution in [0.3, 0.4) is 0 Å². The number of hydrogen-bond donors (Lipinski definition) is 2. The molecule has 2 fully saturated rings. The van der Waals surface area contributed by atoms with Crippen LogP contribution in [0, 0.1) is 5.92 Å². The zero-order chi connectivity index (χ0) is 30.0. The van der Waals surface area contributed by atoms with Crippen LogP contribution in [0.2, 0.25) is 0 Å². The molecule has 1 heterocycles. The lowest BCUT2D eigenvalue weighted by Gasteiger charge is -2.29. The van der Waals surface area contributed by atoms with E-state index in [4.69, 9.17) is 9.47 Å². The third-order valence-electron chi connectivity index (χ3n) is 7.52. The Bertz CT molecular complexity index is 1180. The van der Waals surface area contributed by atoms with Crippen molar-refractivity contribution >= 4 is 29.7 Å². The highest BCUT2D eigenvalue weighted by Gasteiger charge is 2.38. The third-order valence-corrected chi connectivity index (χ3v) is 8.80. The third kappa shape index (κ3) is 9.96. The first kappa shape index (κ1) is 31.7. The van der Waals surface area contributed by atoms with Gasteiger partial charge in [0.15, 0.2) is 0 Å². The molecule has 228 valence electrons. The lowest BCUT2D eigenvalue weighted by molar-refractivity contribution is -0.130. The number of para-hydroxylation sites is 1. The Morgan fingerprint density at radius 3 is 2.43 bits per heavy atom. The molecule has 0 radical (unpaired) electrons. The first-order valence-electron chi connectivity index (χ1n) is 15.2. The molecule has 1 aliphatic carbocycles. The van der Waals surface area contributed by atoms with Crippen molar-refractivity contribution in [2.75, 3.05) is 18.1 Å². The van der Waals surface area contributed by atoms with Gasteiger partial charge in [0.2, 0.25) is 11.8 Å². The average Bonchev–Trinajstić information content (AvgIpc) is 3.47. The molecule has 2 aromatic carbocycles. The molecule has 2 aromatic rings. The molecule has 0 unspecified atom stereocenters. The monoisotopic (exact) mass is 595 g/mol. The molecule has 0 bridgehead atoms. The number of nitrogens with zero attached hydrogens (tertiary/aromatic N) is 1. The highest BCUT2D eigenvalue weighted by molar-refractivity contribution is 7.99. The van der Waals surface area contributed by atoms with E-state index < -0.39 is 23.8 Å². The SMILES string of the molecule is CC(C)(C)OC(=O)N1CCC[C@H]1C(=O)N[C@@H](CSCC1CCCCC1)C(=O)NCc1cccc(Oc2ccccc2)c1. The summed E-state index contributed by atoms with van der Waals surface area (Å²) in [6.07, 6.45) is 7.05. The van der Waals surface area contributed by atoms with Crippen LogP contribution < -0.4 is 15.4 Å². The summed E-state index contributed by atoms with van der Waals surface area (Å²) < 4.78 is 11.5. The number of carbonyl (C=O) groups is 3. The molecule has 2 aliphatic rings. The molecule has 8 nitrogen and oxygen atoms in total. The van der Waals surface area contributed by atoms with Crippen molar-refractivity contribution < 1.29 is 23.9 Å². The number of hydrogen-bond acceptors (Lipinski definition) is 6. The van der Waals surface area contributed by atoms with Crippen molar-refractivity contribution in [1.82, 2.24) is 15.5 Å². The molecule has 9 heteroatoms. The summed E-state index contributed by atoms with van der Waals surface area (Å²) in [5, 5.41) is 5.99. The topological polar surface area (TPSA) is 97.0 Å². The van der Waals surface area contributed by atoms with E-state index in [1.807, 2.05) is 75.4 Å². The quantitative estimate of drug-likeness (QED) is 0.317. The molecule has 3 amide bonds. The minimum atomic E-state index is -0.712. The summed E-state index contributed by atoms with van der Waals surface area (Å²) in [6.45, 7) is 6.19. The number of thioether (sulfide) groups is 1. The Hall–Kier alpha value is -3.20. The fourth-order valence-electron chi connectivity index (χ4n) is 5.39. The minimum Gasteiger partial charge on any atom is -0.457 e. The molecule has 1 aliphatic heterocycles. The number of rotatable bonds is 11. The molecule has 2 atom stereocenters. The van der Waals surface area contributed by atoms with Gasteiger partial charge in [0.1, 0.15) is 29.2 Å². The van der Waals surface area contributed by atoms with Crippen molar-refractivity contribution in [1.29, 1.82) is 0 Å². The van der Waals surface area contributed by atoms with Gasteiger partial charge in [-0.2, -0.15) is 11.8 Å². The van der Waals surface area contributed by atoms with Crippen LogP contribution in [-0.4, -0.2) is 58.5 Å². The molecule has 0 aromatic heterocycles. The standard InChI is InChI=1S/C33H45N3O5S/c1-33(2,3)41-32(39)36-19-11-18-29(36)31(38)35-28(23-42-22-24-12-6-4-7-13-24)30(37)34-21-25-14-10-17-27(20-25)40-26-15-8-5-9-16-26/h5,8-10,14-17,20,24,28-29H,4,6-7,11-13,18-19,21-23H2,1-3H3,(H,34,37)(H,35,38)/t28-,29-/m0/s1. The van der Waals surface area contributed by atoms with E-state index >= 15 is 0 Å². The van der Waals surface area contributed by atoms with E-state index in [1.165, 1.54) is 37.0 Å². The second kappa shape index (κ2) is 15.3. The van der Waals surface area contributed by atoms with E-state index in [1.54, 1.807) is 11.8 Å². The van der Waals surface area contributed by atoms with E-state index in [2.05, 4.69) is 10.6 Å². The van der Waals surface area contributed by atoms with Gasteiger partial charge in [-0.05, 0) is 88.0 Å². The van der Waals surface area contributed by atoms with Gasteiger partial charge in [0, 0.05) is 18.8 Å². The van der Waals surface area contributed by atoms with Crippen LogP contribution in [0.5, 0.6) is 11.5 Å². The normalized spacial score (nSPS) is 18.3. The van der Waals surface area contributed by atoms with Crippen molar-refractivity contribution in [2.24, 2.45) is 5.92 Å². The number of likely N-dealkylation sites (tertiary alicyclic amines) is 1. The summed E-state index contributed by atoms with van der Waals surface area (Å²) in [4.78, 5) is 41.1. The largest absolute Gasteiger partial charge is 0.457 e. The zero-order valence-electron chi connectivity index (χ0n) is 25.1. The van der Waals surface area contributed by atoms with Gasteiger partial charge in [0.25, 0.3) is 0 Å². The van der Waals surface area contributed by atoms with Crippen LogP contribution in [0.15, 0.2) is 54.6 Å². The van der Waals surface area contributed by atoms with Gasteiger partial charge in [-0.15, -0.1) is 0 Å². The molecular weight excluding hydrogens is 550 g/mol. The first-order chi connectivity index (χ1) is 20.2. The zero-order valence-corrected chi connectivity index (χ0v) is 25.9. The average molecular weight is 596 g/mol. The van der Waals surface area contributed by atoms with Crippen molar-refractivity contribution in [3.63, 3.8) is 0 Å². The van der Waals surface area contributed by atoms with E-state index in [-0.39, 0.29) is 11.8 Å². The maximum absolute atomic E-state index is 13.5. The lowest BCUT2D eigenvalue weighted by atomic mass is 9.91. The van der Waals surface area contributed by atoms with Gasteiger partial charge in [-0.3, -0.25) is 14.5 Å². The van der Waals surface area contributed by atoms with Gasteiger partial charge >= 0.3 is 6.09 Å². The van der Waals surface area contributed by atoms with Crippen LogP contribution in [0.1, 0.15) is 71.3 Å². The van der Waals surface area contributed by atoms with E-state index in [0.717, 1.165) is 17.1 Å². The summed E-state index contributed by atoms with van der Waals surface area (Å²) in [6, 6.07) is 15.8. The lowest BCUT2D eigenvalue weighted by Crippen LogP contribution is -2.54. The maximum Gasteiger partial charge on any atom is 0.410 e. The molecular formula is C33H45N3O5S. The van der Waals surface area contributed by atoms with Crippen LogP contribution >= 0.6 is 11.8 Å². The van der Waals surface area contributed by atoms with Gasteiger partial charge < -0.3 is 20.1 Å². The smallest absolute Gasteiger partial charge is 0.410 e. The summed E-state index contributed by atoms with van der Waals surface area (Å²) in [5.74, 6) is 2.99. The molecule has 2 N–H and O–H groups in total. The molecule has 4 rings (SSSR count). The van der Waals surface area contributed by atoms with Crippen LogP contribution in [-0.2, 0) is 20.9 Å². The number of nitrogens with one attached hydrogen (secondary N) is 2. The fourth-order valence-corrected chi connectivity index (χ4v) is 6.66. The van der Waals surface area contributed by atoms with E-state index in [0.29, 0.717) is 43.4 Å². The van der Waals surface area contributed by atoms with E-state index in [9.17, 15) is 14.4 Å². The maximum atomic E-state index is 13.5. The Labute approximate surface area is 254 Å². The predicted octanol–water partition coefficient (Wildman–Crippen LogP) is 6.29. The van der Waals surface area contributed by atoms with Crippen LogP contribution in [0.25, 0.3) is 0 Å². The van der Waals surface area contributed by atoms with Crippen molar-refractivity contribution in [3.05, 3.63) is 60.2 Å². The van der Waals surface area contributed by atoms with Crippen molar-refractivity contribution in [3.8, 4) is 11.5 Å². The summed E-state index contributed by atoms with van der Waals surface area (Å²) >= 11 is 1.72. The molecule has 1 saturated carbocycles. The number of carbonyl (C=O) groups excluding carboxylic acids is 3. The summed E-state index contributed by atoms with van der Waals surface area (Å²) in [5.41, 5.74) is 0.242. The highest BCUT2D eigenvalue weighted by atomic mass is 32.2. The second-order valence-corrected chi connectivity index (χ2v) is 13.3. The fraction of sp³-hybridized carbons (Fsp3) is 0.545. The number of ether oxygens (including phenoxy) is 2. The Kier molecular flexibility index (Phi) is 11.6. The Morgan fingerprint density at radius 1 is 0.952 bits per heavy atom. The first-order valence-corrected chi connectivity index (χ1v) is 16.3. The Balaban J connectivity index is 1.38. The number of amides is 3. The van der Waals surface area contributed by atoms with Gasteiger partial charge in [0.05, 0.1) is 0 Å². The molecule has 42 heavy (non-hydrogen) atoms. The predicted molar refractivity (Wildman–Crippen MR) is 167 cm³/mol. The van der Waals surface area contributed by atoms with Gasteiger partial charge in [-0.25, -0.2) is 4.79 Å². The molecule has 1 saturated heterocycles. The minimum absolute atomic E-state index is 0.240. The summed E-state index contributed by atoms with van der Waals surface area (Å²) in [7, 11) is 0. The van der Waals surface area contributed by atoms with Crippen LogP contribution in [0.4, 0.5) is 4.79 Å². The van der Waals surface area contributed by atoms with Crippen molar-refractivity contribution in [2.45, 2.75) is 89.9 Å². The highest BCUT2D eigenvalue weighted by Crippen LogP contribution is 2.27. The molecule has 0 spiro atoms.